The largest absolute Gasteiger partial charge is 0.480 e. The molecule has 136 valence electrons. The molecule has 0 atom stereocenters. The summed E-state index contributed by atoms with van der Waals surface area (Å²) in [7, 11) is 0. The van der Waals surface area contributed by atoms with Crippen molar-refractivity contribution in [2.75, 3.05) is 13.1 Å². The highest BCUT2D eigenvalue weighted by atomic mass is 16.4. The molecule has 2 amide bonds. The highest BCUT2D eigenvalue weighted by Crippen LogP contribution is 2.24. The van der Waals surface area contributed by atoms with Gasteiger partial charge in [-0.05, 0) is 50.3 Å². The van der Waals surface area contributed by atoms with Gasteiger partial charge < -0.3 is 15.3 Å². The Kier molecular flexibility index (Phi) is 5.50. The van der Waals surface area contributed by atoms with Crippen LogP contribution in [-0.2, 0) is 20.8 Å². The first-order valence-corrected chi connectivity index (χ1v) is 8.51. The second-order valence-electron chi connectivity index (χ2n) is 7.00. The zero-order chi connectivity index (χ0) is 18.8. The van der Waals surface area contributed by atoms with Crippen molar-refractivity contribution in [3.63, 3.8) is 0 Å². The number of amides is 2. The average molecular weight is 346 g/mol. The third-order valence-corrected chi connectivity index (χ3v) is 5.03. The lowest BCUT2D eigenvalue weighted by molar-refractivity contribution is -0.151. The monoisotopic (exact) mass is 346 g/mol. The first-order valence-electron chi connectivity index (χ1n) is 8.51. The quantitative estimate of drug-likeness (QED) is 0.869. The van der Waals surface area contributed by atoms with E-state index in [0.29, 0.717) is 13.1 Å². The van der Waals surface area contributed by atoms with Crippen molar-refractivity contribution in [2.24, 2.45) is 0 Å². The molecular weight excluding hydrogens is 320 g/mol. The van der Waals surface area contributed by atoms with E-state index in [0.717, 1.165) is 22.3 Å². The molecule has 0 spiro atoms. The van der Waals surface area contributed by atoms with E-state index in [4.69, 9.17) is 0 Å². The molecule has 1 aromatic carbocycles. The molecule has 1 aliphatic heterocycles. The minimum Gasteiger partial charge on any atom is -0.480 e. The predicted molar refractivity (Wildman–Crippen MR) is 94.4 cm³/mol. The van der Waals surface area contributed by atoms with Gasteiger partial charge in [-0.15, -0.1) is 0 Å². The zero-order valence-electron chi connectivity index (χ0n) is 15.3. The molecular formula is C19H26N2O4. The normalized spacial score (nSPS) is 16.4. The Labute approximate surface area is 148 Å². The van der Waals surface area contributed by atoms with Gasteiger partial charge in [0.05, 0.1) is 6.42 Å². The molecule has 0 aliphatic carbocycles. The lowest BCUT2D eigenvalue weighted by Gasteiger charge is -2.39. The van der Waals surface area contributed by atoms with Crippen LogP contribution in [0.2, 0.25) is 0 Å². The number of hydrogen-bond acceptors (Lipinski definition) is 3. The molecule has 25 heavy (non-hydrogen) atoms. The van der Waals surface area contributed by atoms with E-state index in [1.807, 2.05) is 32.9 Å². The van der Waals surface area contributed by atoms with Crippen molar-refractivity contribution in [2.45, 2.75) is 52.5 Å². The molecule has 1 heterocycles. The van der Waals surface area contributed by atoms with Crippen molar-refractivity contribution >= 4 is 17.8 Å². The van der Waals surface area contributed by atoms with Crippen LogP contribution in [0.1, 0.15) is 42.0 Å². The Hall–Kier alpha value is -2.37. The van der Waals surface area contributed by atoms with Crippen molar-refractivity contribution < 1.29 is 19.5 Å². The number of nitrogens with one attached hydrogen (secondary N) is 1. The number of hydrogen-bond donors (Lipinski definition) is 2. The van der Waals surface area contributed by atoms with Crippen LogP contribution in [0, 0.1) is 20.8 Å². The standard InChI is InChI=1S/C19H26N2O4/c1-12-9-13(2)16(14(3)10-12)11-17(23)20-19(18(24)25)5-7-21(8-6-19)15(4)22/h9-10H,5-8,11H2,1-4H3,(H,20,23)(H,24,25). The minimum absolute atomic E-state index is 0.0729. The number of benzene rings is 1. The second kappa shape index (κ2) is 7.25. The van der Waals surface area contributed by atoms with E-state index >= 15 is 0 Å². The molecule has 0 radical (unpaired) electrons. The average Bonchev–Trinajstić information content (AvgIpc) is 2.51. The summed E-state index contributed by atoms with van der Waals surface area (Å²) < 4.78 is 0. The number of rotatable bonds is 4. The van der Waals surface area contributed by atoms with Crippen molar-refractivity contribution in [3.05, 3.63) is 34.4 Å². The van der Waals surface area contributed by atoms with Crippen molar-refractivity contribution in [3.8, 4) is 0 Å². The molecule has 0 saturated carbocycles. The van der Waals surface area contributed by atoms with E-state index in [9.17, 15) is 19.5 Å². The van der Waals surface area contributed by atoms with Gasteiger partial charge in [0.2, 0.25) is 11.8 Å². The number of aryl methyl sites for hydroxylation is 3. The third-order valence-electron chi connectivity index (χ3n) is 5.03. The van der Waals surface area contributed by atoms with E-state index in [1.165, 1.54) is 6.92 Å². The van der Waals surface area contributed by atoms with Crippen LogP contribution in [0.5, 0.6) is 0 Å². The lowest BCUT2D eigenvalue weighted by atomic mass is 9.86. The number of carbonyl (C=O) groups excluding carboxylic acids is 2. The van der Waals surface area contributed by atoms with E-state index in [2.05, 4.69) is 5.32 Å². The van der Waals surface area contributed by atoms with Crippen LogP contribution in [0.3, 0.4) is 0 Å². The second-order valence-corrected chi connectivity index (χ2v) is 7.00. The highest BCUT2D eigenvalue weighted by molar-refractivity contribution is 5.88. The Bertz CT molecular complexity index is 680. The molecule has 2 N–H and O–H groups in total. The summed E-state index contributed by atoms with van der Waals surface area (Å²) in [5.74, 6) is -1.41. The van der Waals surface area contributed by atoms with Crippen LogP contribution in [0.15, 0.2) is 12.1 Å². The molecule has 1 aliphatic rings. The smallest absolute Gasteiger partial charge is 0.329 e. The van der Waals surface area contributed by atoms with Crippen molar-refractivity contribution in [1.29, 1.82) is 0 Å². The van der Waals surface area contributed by atoms with Crippen LogP contribution in [0.25, 0.3) is 0 Å². The predicted octanol–water partition coefficient (Wildman–Crippen LogP) is 1.74. The number of carboxylic acids is 1. The van der Waals surface area contributed by atoms with Crippen LogP contribution in [-0.4, -0.2) is 46.4 Å². The Morgan fingerprint density at radius 1 is 1.12 bits per heavy atom. The summed E-state index contributed by atoms with van der Waals surface area (Å²) in [6, 6.07) is 4.04. The molecule has 0 unspecified atom stereocenters. The number of nitrogens with zero attached hydrogens (tertiary/aromatic N) is 1. The molecule has 6 heteroatoms. The third kappa shape index (κ3) is 4.18. The summed E-state index contributed by atoms with van der Waals surface area (Å²) in [5, 5.41) is 12.4. The number of carbonyl (C=O) groups is 3. The Morgan fingerprint density at radius 3 is 2.08 bits per heavy atom. The van der Waals surface area contributed by atoms with Gasteiger partial charge in [-0.1, -0.05) is 17.7 Å². The fraction of sp³-hybridized carbons (Fsp3) is 0.526. The maximum atomic E-state index is 12.5. The van der Waals surface area contributed by atoms with Gasteiger partial charge in [-0.25, -0.2) is 4.79 Å². The topological polar surface area (TPSA) is 86.7 Å². The number of likely N-dealkylation sites (tertiary alicyclic amines) is 1. The lowest BCUT2D eigenvalue weighted by Crippen LogP contribution is -2.60. The van der Waals surface area contributed by atoms with Crippen molar-refractivity contribution in [1.82, 2.24) is 10.2 Å². The van der Waals surface area contributed by atoms with Crippen LogP contribution < -0.4 is 5.32 Å². The van der Waals surface area contributed by atoms with Crippen LogP contribution in [0.4, 0.5) is 0 Å². The highest BCUT2D eigenvalue weighted by Gasteiger charge is 2.43. The molecule has 0 bridgehead atoms. The summed E-state index contributed by atoms with van der Waals surface area (Å²) in [6.45, 7) is 8.07. The zero-order valence-corrected chi connectivity index (χ0v) is 15.3. The van der Waals surface area contributed by atoms with Gasteiger partial charge in [0.1, 0.15) is 5.54 Å². The molecule has 1 aromatic rings. The Morgan fingerprint density at radius 2 is 1.64 bits per heavy atom. The van der Waals surface area contributed by atoms with E-state index < -0.39 is 11.5 Å². The fourth-order valence-corrected chi connectivity index (χ4v) is 3.56. The maximum Gasteiger partial charge on any atom is 0.329 e. The maximum absolute atomic E-state index is 12.5. The van der Waals surface area contributed by atoms with Gasteiger partial charge in [-0.3, -0.25) is 9.59 Å². The SMILES string of the molecule is CC(=O)N1CCC(NC(=O)Cc2c(C)cc(C)cc2C)(C(=O)O)CC1. The first-order chi connectivity index (χ1) is 11.6. The minimum atomic E-state index is -1.30. The van der Waals surface area contributed by atoms with Gasteiger partial charge >= 0.3 is 5.97 Å². The molecule has 6 nitrogen and oxygen atoms in total. The summed E-state index contributed by atoms with van der Waals surface area (Å²) in [5.41, 5.74) is 2.84. The Balaban J connectivity index is 2.12. The molecule has 1 fully saturated rings. The molecule has 0 aromatic heterocycles. The number of piperidine rings is 1. The van der Waals surface area contributed by atoms with Gasteiger partial charge in [0.15, 0.2) is 0 Å². The molecule has 2 rings (SSSR count). The summed E-state index contributed by atoms with van der Waals surface area (Å²) in [4.78, 5) is 37.4. The van der Waals surface area contributed by atoms with E-state index in [-0.39, 0.29) is 31.1 Å². The van der Waals surface area contributed by atoms with Gasteiger partial charge in [0, 0.05) is 20.0 Å². The van der Waals surface area contributed by atoms with E-state index in [1.54, 1.807) is 4.90 Å². The van der Waals surface area contributed by atoms with Gasteiger partial charge in [0.25, 0.3) is 0 Å². The van der Waals surface area contributed by atoms with Gasteiger partial charge in [-0.2, -0.15) is 0 Å². The van der Waals surface area contributed by atoms with Crippen LogP contribution >= 0.6 is 0 Å². The first kappa shape index (κ1) is 19.0. The number of carboxylic acid groups (broad SMARTS) is 1. The fourth-order valence-electron chi connectivity index (χ4n) is 3.56. The molecule has 1 saturated heterocycles. The summed E-state index contributed by atoms with van der Waals surface area (Å²) in [6.07, 6.45) is 0.600. The number of aliphatic carboxylic acids is 1. The summed E-state index contributed by atoms with van der Waals surface area (Å²) >= 11 is 0.